The molecule has 0 aromatic heterocycles. The Hall–Kier alpha value is -2.29. The van der Waals surface area contributed by atoms with E-state index in [1.807, 2.05) is 7.05 Å². The summed E-state index contributed by atoms with van der Waals surface area (Å²) in [6.07, 6.45) is -2.74. The second-order valence-electron chi connectivity index (χ2n) is 6.49. The maximum absolute atomic E-state index is 12.8. The highest BCUT2D eigenvalue weighted by Gasteiger charge is 2.31. The van der Waals surface area contributed by atoms with Crippen molar-refractivity contribution in [3.05, 3.63) is 29.8 Å². The molecule has 0 radical (unpaired) electrons. The summed E-state index contributed by atoms with van der Waals surface area (Å²) in [5.74, 6) is -0.567. The van der Waals surface area contributed by atoms with Gasteiger partial charge in [0.05, 0.1) is 17.9 Å². The first-order chi connectivity index (χ1) is 12.7. The van der Waals surface area contributed by atoms with E-state index in [2.05, 4.69) is 15.4 Å². The molecule has 0 bridgehead atoms. The Labute approximate surface area is 157 Å². The molecule has 150 valence electrons. The normalized spacial score (nSPS) is 16.9. The smallest absolute Gasteiger partial charge is 0.416 e. The lowest BCUT2D eigenvalue weighted by molar-refractivity contribution is -0.138. The molecule has 1 saturated heterocycles. The zero-order chi connectivity index (χ0) is 20.0. The van der Waals surface area contributed by atoms with Crippen LogP contribution in [0.1, 0.15) is 25.3 Å². The van der Waals surface area contributed by atoms with Gasteiger partial charge >= 0.3 is 12.1 Å². The zero-order valence-corrected chi connectivity index (χ0v) is 15.7. The van der Waals surface area contributed by atoms with Crippen molar-refractivity contribution in [1.29, 1.82) is 0 Å². The van der Waals surface area contributed by atoms with Crippen LogP contribution in [-0.2, 0) is 15.7 Å². The molecule has 2 rings (SSSR count). The van der Waals surface area contributed by atoms with Gasteiger partial charge in [-0.1, -0.05) is 6.07 Å². The van der Waals surface area contributed by atoms with Crippen molar-refractivity contribution in [3.8, 4) is 0 Å². The van der Waals surface area contributed by atoms with E-state index in [0.717, 1.165) is 38.1 Å². The quantitative estimate of drug-likeness (QED) is 0.373. The van der Waals surface area contributed by atoms with Crippen molar-refractivity contribution >= 4 is 17.5 Å². The Balaban J connectivity index is 2.19. The molecule has 0 atom stereocenters. The maximum atomic E-state index is 12.8. The molecule has 6 nitrogen and oxygen atoms in total. The fourth-order valence-electron chi connectivity index (χ4n) is 2.90. The standard InChI is InChI=1S/C18H25F3N4O2/c1-4-27-17(26)16(25(3)15-8-10-24(2)11-9-15)23-22-14-7-5-6-13(12-14)18(19,20)21/h5-7,12,15,22H,4,8-11H2,1-3H3. The van der Waals surface area contributed by atoms with Gasteiger partial charge in [-0.3, -0.25) is 5.43 Å². The number of anilines is 1. The van der Waals surface area contributed by atoms with Crippen molar-refractivity contribution in [1.82, 2.24) is 9.80 Å². The van der Waals surface area contributed by atoms with Crippen LogP contribution in [0.5, 0.6) is 0 Å². The highest BCUT2D eigenvalue weighted by Crippen LogP contribution is 2.30. The second-order valence-corrected chi connectivity index (χ2v) is 6.49. The van der Waals surface area contributed by atoms with Crippen molar-refractivity contribution in [3.63, 3.8) is 0 Å². The van der Waals surface area contributed by atoms with Crippen LogP contribution in [0.15, 0.2) is 29.4 Å². The Morgan fingerprint density at radius 1 is 1.37 bits per heavy atom. The first-order valence-electron chi connectivity index (χ1n) is 8.81. The number of hydrogen-bond donors (Lipinski definition) is 1. The number of hydrogen-bond acceptors (Lipinski definition) is 5. The Morgan fingerprint density at radius 2 is 2.04 bits per heavy atom. The van der Waals surface area contributed by atoms with Crippen LogP contribution < -0.4 is 5.43 Å². The monoisotopic (exact) mass is 386 g/mol. The molecule has 1 heterocycles. The highest BCUT2D eigenvalue weighted by molar-refractivity contribution is 6.35. The third kappa shape index (κ3) is 5.85. The van der Waals surface area contributed by atoms with E-state index in [1.165, 1.54) is 12.1 Å². The van der Waals surface area contributed by atoms with Crippen molar-refractivity contribution in [2.45, 2.75) is 32.0 Å². The lowest BCUT2D eigenvalue weighted by atomic mass is 10.0. The number of halogens is 3. The number of alkyl halides is 3. The van der Waals surface area contributed by atoms with Crippen LogP contribution in [0.25, 0.3) is 0 Å². The number of rotatable bonds is 4. The van der Waals surface area contributed by atoms with Gasteiger partial charge in [-0.2, -0.15) is 13.2 Å². The SMILES string of the molecule is CCOC(=O)C(=NNc1cccc(C(F)(F)F)c1)N(C)C1CCN(C)CC1. The third-order valence-corrected chi connectivity index (χ3v) is 4.51. The number of likely N-dealkylation sites (tertiary alicyclic amines) is 1. The highest BCUT2D eigenvalue weighted by atomic mass is 19.4. The molecule has 0 aliphatic carbocycles. The first kappa shape index (κ1) is 21.0. The van der Waals surface area contributed by atoms with Gasteiger partial charge in [0.1, 0.15) is 0 Å². The van der Waals surface area contributed by atoms with Crippen LogP contribution in [0.3, 0.4) is 0 Å². The molecule has 0 unspecified atom stereocenters. The average Bonchev–Trinajstić information content (AvgIpc) is 2.62. The number of nitrogens with one attached hydrogen (secondary N) is 1. The van der Waals surface area contributed by atoms with Gasteiger partial charge < -0.3 is 14.5 Å². The minimum absolute atomic E-state index is 0.0452. The molecule has 0 saturated carbocycles. The maximum Gasteiger partial charge on any atom is 0.416 e. The van der Waals surface area contributed by atoms with E-state index in [-0.39, 0.29) is 24.2 Å². The van der Waals surface area contributed by atoms with Gasteiger partial charge in [0.25, 0.3) is 0 Å². The summed E-state index contributed by atoms with van der Waals surface area (Å²) in [6.45, 7) is 3.66. The van der Waals surface area contributed by atoms with Crippen LogP contribution in [0.4, 0.5) is 18.9 Å². The third-order valence-electron chi connectivity index (χ3n) is 4.51. The summed E-state index contributed by atoms with van der Waals surface area (Å²) in [5, 5.41) is 4.07. The van der Waals surface area contributed by atoms with Crippen molar-refractivity contribution in [2.24, 2.45) is 5.10 Å². The summed E-state index contributed by atoms with van der Waals surface area (Å²) < 4.78 is 43.6. The molecule has 1 aliphatic rings. The number of likely N-dealkylation sites (N-methyl/N-ethyl adjacent to an activating group) is 1. The van der Waals surface area contributed by atoms with Crippen molar-refractivity contribution < 1.29 is 22.7 Å². The van der Waals surface area contributed by atoms with Crippen LogP contribution >= 0.6 is 0 Å². The number of piperidine rings is 1. The molecule has 1 aromatic carbocycles. The van der Waals surface area contributed by atoms with Gasteiger partial charge in [0, 0.05) is 13.1 Å². The summed E-state index contributed by atoms with van der Waals surface area (Å²) in [4.78, 5) is 16.3. The van der Waals surface area contributed by atoms with Gasteiger partial charge in [0.15, 0.2) is 0 Å². The molecule has 0 spiro atoms. The number of esters is 1. The van der Waals surface area contributed by atoms with Gasteiger partial charge in [-0.25, -0.2) is 4.79 Å². The molecular weight excluding hydrogens is 361 g/mol. The van der Waals surface area contributed by atoms with E-state index in [4.69, 9.17) is 4.74 Å². The van der Waals surface area contributed by atoms with E-state index in [9.17, 15) is 18.0 Å². The number of carbonyl (C=O) groups is 1. The largest absolute Gasteiger partial charge is 0.460 e. The molecule has 1 N–H and O–H groups in total. The minimum atomic E-state index is -4.45. The number of benzene rings is 1. The predicted molar refractivity (Wildman–Crippen MR) is 97.4 cm³/mol. The number of ether oxygens (including phenoxy) is 1. The summed E-state index contributed by atoms with van der Waals surface area (Å²) >= 11 is 0. The Kier molecular flexibility index (Phi) is 7.06. The topological polar surface area (TPSA) is 57.2 Å². The summed E-state index contributed by atoms with van der Waals surface area (Å²) in [7, 11) is 3.78. The number of amidine groups is 1. The van der Waals surface area contributed by atoms with Crippen molar-refractivity contribution in [2.75, 3.05) is 39.2 Å². The lowest BCUT2D eigenvalue weighted by Crippen LogP contribution is -2.47. The Morgan fingerprint density at radius 3 is 2.63 bits per heavy atom. The van der Waals surface area contributed by atoms with Crippen LogP contribution in [0.2, 0.25) is 0 Å². The summed E-state index contributed by atoms with van der Waals surface area (Å²) in [5.41, 5.74) is 1.91. The predicted octanol–water partition coefficient (Wildman–Crippen LogP) is 3.02. The van der Waals surface area contributed by atoms with Crippen LogP contribution in [-0.4, -0.2) is 61.4 Å². The first-order valence-corrected chi connectivity index (χ1v) is 8.81. The van der Waals surface area contributed by atoms with Gasteiger partial charge in [-0.05, 0) is 58.1 Å². The number of nitrogens with zero attached hydrogens (tertiary/aromatic N) is 3. The molecule has 1 aromatic rings. The van der Waals surface area contributed by atoms with Gasteiger partial charge in [0.2, 0.25) is 5.84 Å². The average molecular weight is 386 g/mol. The fourth-order valence-corrected chi connectivity index (χ4v) is 2.90. The molecule has 9 heteroatoms. The van der Waals surface area contributed by atoms with E-state index >= 15 is 0 Å². The van der Waals surface area contributed by atoms with E-state index in [1.54, 1.807) is 18.9 Å². The molecule has 0 amide bonds. The summed E-state index contributed by atoms with van der Waals surface area (Å²) in [6, 6.07) is 4.77. The molecule has 1 fully saturated rings. The fraction of sp³-hybridized carbons (Fsp3) is 0.556. The zero-order valence-electron chi connectivity index (χ0n) is 15.7. The number of carbonyl (C=O) groups excluding carboxylic acids is 1. The number of hydrazone groups is 1. The lowest BCUT2D eigenvalue weighted by Gasteiger charge is -2.35. The molecular formula is C18H25F3N4O2. The van der Waals surface area contributed by atoms with E-state index in [0.29, 0.717) is 0 Å². The molecule has 1 aliphatic heterocycles. The van der Waals surface area contributed by atoms with Gasteiger partial charge in [-0.15, -0.1) is 5.10 Å². The molecule has 27 heavy (non-hydrogen) atoms. The van der Waals surface area contributed by atoms with E-state index < -0.39 is 17.7 Å². The second kappa shape index (κ2) is 9.07. The minimum Gasteiger partial charge on any atom is -0.460 e. The Bertz CT molecular complexity index is 671. The van der Waals surface area contributed by atoms with Crippen LogP contribution in [0, 0.1) is 0 Å².